The molecule has 1 atom stereocenters. The first kappa shape index (κ1) is 17.6. The second kappa shape index (κ2) is 6.93. The Morgan fingerprint density at radius 3 is 2.76 bits per heavy atom. The van der Waals surface area contributed by atoms with E-state index in [1.54, 1.807) is 22.0 Å². The Morgan fingerprint density at radius 2 is 2.12 bits per heavy atom. The molecule has 0 radical (unpaired) electrons. The molecule has 1 unspecified atom stereocenters. The van der Waals surface area contributed by atoms with E-state index in [2.05, 4.69) is 38.7 Å². The van der Waals surface area contributed by atoms with Gasteiger partial charge in [0.25, 0.3) is 5.91 Å². The summed E-state index contributed by atoms with van der Waals surface area (Å²) in [6, 6.07) is 4.20. The van der Waals surface area contributed by atoms with E-state index in [0.29, 0.717) is 17.8 Å². The number of fused-ring (bicyclic) bond motifs is 1. The van der Waals surface area contributed by atoms with Gasteiger partial charge in [0.05, 0.1) is 12.2 Å². The van der Waals surface area contributed by atoms with Crippen LogP contribution in [-0.4, -0.2) is 46.0 Å². The fourth-order valence-electron chi connectivity index (χ4n) is 2.95. The maximum atomic E-state index is 12.7. The Hall–Kier alpha value is -2.25. The van der Waals surface area contributed by atoms with E-state index in [0.717, 1.165) is 11.4 Å². The predicted molar refractivity (Wildman–Crippen MR) is 100 cm³/mol. The third-order valence-electron chi connectivity index (χ3n) is 4.31. The van der Waals surface area contributed by atoms with Gasteiger partial charge in [-0.15, -0.1) is 11.3 Å². The number of nitrogens with zero attached hydrogens (tertiary/aromatic N) is 4. The van der Waals surface area contributed by atoms with Crippen molar-refractivity contribution in [2.45, 2.75) is 26.8 Å². The third kappa shape index (κ3) is 3.43. The highest BCUT2D eigenvalue weighted by Crippen LogP contribution is 2.26. The van der Waals surface area contributed by atoms with Crippen LogP contribution in [0.3, 0.4) is 0 Å². The van der Waals surface area contributed by atoms with Crippen LogP contribution in [0.1, 0.15) is 38.2 Å². The zero-order valence-electron chi connectivity index (χ0n) is 15.2. The largest absolute Gasteiger partial charge is 0.350 e. The molecular formula is C18H23N5OS. The molecule has 0 saturated carbocycles. The summed E-state index contributed by atoms with van der Waals surface area (Å²) in [4.78, 5) is 20.6. The minimum Gasteiger partial charge on any atom is -0.350 e. The molecule has 25 heavy (non-hydrogen) atoms. The monoisotopic (exact) mass is 357 g/mol. The van der Waals surface area contributed by atoms with Crippen molar-refractivity contribution in [3.05, 3.63) is 51.1 Å². The number of carbonyl (C=O) groups is 1. The van der Waals surface area contributed by atoms with Crippen LogP contribution in [0.25, 0.3) is 5.65 Å². The Labute approximate surface area is 151 Å². The van der Waals surface area contributed by atoms with Crippen LogP contribution < -0.4 is 5.32 Å². The number of rotatable bonds is 5. The van der Waals surface area contributed by atoms with Gasteiger partial charge < -0.3 is 10.2 Å². The van der Waals surface area contributed by atoms with Crippen molar-refractivity contribution in [3.8, 4) is 0 Å². The van der Waals surface area contributed by atoms with Gasteiger partial charge in [-0.25, -0.2) is 9.50 Å². The molecule has 1 N–H and O–H groups in total. The second-order valence-corrected chi connectivity index (χ2v) is 7.44. The lowest BCUT2D eigenvalue weighted by molar-refractivity contribution is 0.0943. The zero-order valence-corrected chi connectivity index (χ0v) is 16.0. The van der Waals surface area contributed by atoms with Gasteiger partial charge in [-0.3, -0.25) is 4.79 Å². The van der Waals surface area contributed by atoms with Crippen molar-refractivity contribution in [3.63, 3.8) is 0 Å². The summed E-state index contributed by atoms with van der Waals surface area (Å²) in [5.74, 6) is -0.145. The molecule has 0 aliphatic heterocycles. The topological polar surface area (TPSA) is 62.5 Å². The standard InChI is InChI=1S/C18H23N5OS/c1-11-6-7-25-16(11)15(22(4)5)10-19-18(24)14-9-20-23-13(3)8-12(2)21-17(14)23/h6-9,15H,10H2,1-5H3,(H,19,24). The molecule has 0 bridgehead atoms. The van der Waals surface area contributed by atoms with E-state index in [1.165, 1.54) is 10.4 Å². The van der Waals surface area contributed by atoms with Crippen LogP contribution >= 0.6 is 11.3 Å². The molecule has 0 fully saturated rings. The smallest absolute Gasteiger partial charge is 0.256 e. The molecule has 7 heteroatoms. The average Bonchev–Trinajstić information content (AvgIpc) is 3.14. The average molecular weight is 357 g/mol. The molecule has 0 aliphatic carbocycles. The van der Waals surface area contributed by atoms with Gasteiger partial charge in [-0.05, 0) is 57.9 Å². The molecule has 0 spiro atoms. The number of thiophene rings is 1. The maximum Gasteiger partial charge on any atom is 0.256 e. The van der Waals surface area contributed by atoms with Crippen molar-refractivity contribution in [2.75, 3.05) is 20.6 Å². The number of amides is 1. The van der Waals surface area contributed by atoms with Crippen LogP contribution in [-0.2, 0) is 0 Å². The van der Waals surface area contributed by atoms with Crippen LogP contribution in [0.4, 0.5) is 0 Å². The summed E-state index contributed by atoms with van der Waals surface area (Å²) in [5, 5.41) is 9.42. The molecule has 1 amide bonds. The number of hydrogen-bond donors (Lipinski definition) is 1. The first-order valence-corrected chi connectivity index (χ1v) is 9.07. The lowest BCUT2D eigenvalue weighted by Gasteiger charge is -2.24. The van der Waals surface area contributed by atoms with Crippen LogP contribution in [0.2, 0.25) is 0 Å². The number of aryl methyl sites for hydroxylation is 3. The molecule has 6 nitrogen and oxygen atoms in total. The second-order valence-electron chi connectivity index (χ2n) is 6.49. The van der Waals surface area contributed by atoms with Gasteiger partial charge in [0.2, 0.25) is 0 Å². The Balaban J connectivity index is 1.82. The van der Waals surface area contributed by atoms with E-state index in [9.17, 15) is 4.79 Å². The van der Waals surface area contributed by atoms with Gasteiger partial charge in [0.15, 0.2) is 5.65 Å². The van der Waals surface area contributed by atoms with E-state index in [-0.39, 0.29) is 11.9 Å². The van der Waals surface area contributed by atoms with Gasteiger partial charge in [-0.1, -0.05) is 0 Å². The molecule has 3 aromatic heterocycles. The number of likely N-dealkylation sites (N-methyl/N-ethyl adjacent to an activating group) is 1. The van der Waals surface area contributed by atoms with Crippen molar-refractivity contribution in [1.82, 2.24) is 24.8 Å². The molecule has 3 rings (SSSR count). The summed E-state index contributed by atoms with van der Waals surface area (Å²) in [5.41, 5.74) is 4.19. The highest BCUT2D eigenvalue weighted by atomic mass is 32.1. The normalized spacial score (nSPS) is 12.7. The predicted octanol–water partition coefficient (Wildman–Crippen LogP) is 2.75. The quantitative estimate of drug-likeness (QED) is 0.763. The summed E-state index contributed by atoms with van der Waals surface area (Å²) >= 11 is 1.72. The fraction of sp³-hybridized carbons (Fsp3) is 0.389. The zero-order chi connectivity index (χ0) is 18.1. The number of carbonyl (C=O) groups excluding carboxylic acids is 1. The van der Waals surface area contributed by atoms with E-state index in [1.807, 2.05) is 34.0 Å². The van der Waals surface area contributed by atoms with Crippen molar-refractivity contribution < 1.29 is 4.79 Å². The molecule has 3 aromatic rings. The molecule has 3 heterocycles. The molecule has 0 aliphatic rings. The van der Waals surface area contributed by atoms with E-state index >= 15 is 0 Å². The van der Waals surface area contributed by atoms with E-state index in [4.69, 9.17) is 0 Å². The summed E-state index contributed by atoms with van der Waals surface area (Å²) in [7, 11) is 4.05. The van der Waals surface area contributed by atoms with Crippen LogP contribution in [0, 0.1) is 20.8 Å². The van der Waals surface area contributed by atoms with Gasteiger partial charge >= 0.3 is 0 Å². The molecular weight excluding hydrogens is 334 g/mol. The highest BCUT2D eigenvalue weighted by molar-refractivity contribution is 7.10. The van der Waals surface area contributed by atoms with Crippen molar-refractivity contribution in [2.24, 2.45) is 0 Å². The Morgan fingerprint density at radius 1 is 1.36 bits per heavy atom. The highest BCUT2D eigenvalue weighted by Gasteiger charge is 2.21. The lowest BCUT2D eigenvalue weighted by Crippen LogP contribution is -2.34. The first-order chi connectivity index (χ1) is 11.9. The third-order valence-corrected chi connectivity index (χ3v) is 5.43. The van der Waals surface area contributed by atoms with Gasteiger partial charge in [-0.2, -0.15) is 5.10 Å². The minimum absolute atomic E-state index is 0.141. The summed E-state index contributed by atoms with van der Waals surface area (Å²) < 4.78 is 1.70. The lowest BCUT2D eigenvalue weighted by atomic mass is 10.1. The number of hydrogen-bond acceptors (Lipinski definition) is 5. The number of aromatic nitrogens is 3. The Bertz CT molecular complexity index is 911. The maximum absolute atomic E-state index is 12.7. The first-order valence-electron chi connectivity index (χ1n) is 8.19. The fourth-order valence-corrected chi connectivity index (χ4v) is 4.07. The van der Waals surface area contributed by atoms with Crippen LogP contribution in [0.5, 0.6) is 0 Å². The summed E-state index contributed by atoms with van der Waals surface area (Å²) in [6.07, 6.45) is 1.59. The van der Waals surface area contributed by atoms with Crippen molar-refractivity contribution in [1.29, 1.82) is 0 Å². The SMILES string of the molecule is Cc1cc(C)n2ncc(C(=O)NCC(c3sccc3C)N(C)C)c2n1. The van der Waals surface area contributed by atoms with E-state index < -0.39 is 0 Å². The molecule has 0 saturated heterocycles. The van der Waals surface area contributed by atoms with Crippen molar-refractivity contribution >= 4 is 22.9 Å². The van der Waals surface area contributed by atoms with Gasteiger partial charge in [0, 0.05) is 22.8 Å². The molecule has 132 valence electrons. The van der Waals surface area contributed by atoms with Crippen LogP contribution in [0.15, 0.2) is 23.7 Å². The van der Waals surface area contributed by atoms with Gasteiger partial charge in [0.1, 0.15) is 5.56 Å². The summed E-state index contributed by atoms with van der Waals surface area (Å²) in [6.45, 7) is 6.52. The Kier molecular flexibility index (Phi) is 4.87. The minimum atomic E-state index is -0.145. The molecule has 0 aromatic carbocycles. The number of nitrogens with one attached hydrogen (secondary N) is 1.